The number of hydrogen-bond donors (Lipinski definition) is 1. The molecule has 2 aliphatic rings. The molecule has 1 N–H and O–H groups in total. The molecular formula is C14H26N2O2. The zero-order chi connectivity index (χ0) is 13.0. The van der Waals surface area contributed by atoms with Gasteiger partial charge in [0.15, 0.2) is 0 Å². The molecule has 0 saturated carbocycles. The summed E-state index contributed by atoms with van der Waals surface area (Å²) in [5, 5.41) is 9.20. The second kappa shape index (κ2) is 6.53. The first-order valence-electron chi connectivity index (χ1n) is 7.30. The summed E-state index contributed by atoms with van der Waals surface area (Å²) in [6, 6.07) is 0. The van der Waals surface area contributed by atoms with Crippen LogP contribution in [0.25, 0.3) is 0 Å². The van der Waals surface area contributed by atoms with Crippen LogP contribution in [0, 0.1) is 11.8 Å². The maximum Gasteiger partial charge on any atom is 0.236 e. The lowest BCUT2D eigenvalue weighted by Crippen LogP contribution is -2.47. The molecule has 0 radical (unpaired) electrons. The van der Waals surface area contributed by atoms with Crippen LogP contribution in [0.2, 0.25) is 0 Å². The number of carbonyl (C=O) groups excluding carboxylic acids is 1. The van der Waals surface area contributed by atoms with Crippen LogP contribution in [0.5, 0.6) is 0 Å². The van der Waals surface area contributed by atoms with Crippen molar-refractivity contribution in [3.05, 3.63) is 0 Å². The van der Waals surface area contributed by atoms with Gasteiger partial charge in [-0.25, -0.2) is 0 Å². The Morgan fingerprint density at radius 2 is 2.00 bits per heavy atom. The van der Waals surface area contributed by atoms with E-state index >= 15 is 0 Å². The van der Waals surface area contributed by atoms with Gasteiger partial charge in [0.2, 0.25) is 5.91 Å². The van der Waals surface area contributed by atoms with Gasteiger partial charge in [-0.1, -0.05) is 6.92 Å². The van der Waals surface area contributed by atoms with E-state index in [1.54, 1.807) is 0 Å². The fourth-order valence-corrected chi connectivity index (χ4v) is 3.15. The summed E-state index contributed by atoms with van der Waals surface area (Å²) in [7, 11) is 0. The maximum atomic E-state index is 12.2. The zero-order valence-electron chi connectivity index (χ0n) is 11.5. The van der Waals surface area contributed by atoms with E-state index in [-0.39, 0.29) is 12.5 Å². The Morgan fingerprint density at radius 3 is 2.72 bits per heavy atom. The molecule has 2 rings (SSSR count). The van der Waals surface area contributed by atoms with E-state index in [2.05, 4.69) is 11.8 Å². The summed E-state index contributed by atoms with van der Waals surface area (Å²) >= 11 is 0. The third-order valence-electron chi connectivity index (χ3n) is 4.23. The van der Waals surface area contributed by atoms with Crippen molar-refractivity contribution in [2.45, 2.75) is 32.6 Å². The highest BCUT2D eigenvalue weighted by Gasteiger charge is 2.25. The number of carbonyl (C=O) groups is 1. The quantitative estimate of drug-likeness (QED) is 0.815. The van der Waals surface area contributed by atoms with Crippen molar-refractivity contribution in [2.75, 3.05) is 39.3 Å². The first kappa shape index (κ1) is 13.8. The summed E-state index contributed by atoms with van der Waals surface area (Å²) in [4.78, 5) is 16.5. The van der Waals surface area contributed by atoms with E-state index in [1.165, 1.54) is 6.42 Å². The second-order valence-electron chi connectivity index (χ2n) is 6.01. The van der Waals surface area contributed by atoms with Crippen LogP contribution >= 0.6 is 0 Å². The average molecular weight is 254 g/mol. The molecule has 2 aliphatic heterocycles. The van der Waals surface area contributed by atoms with Gasteiger partial charge in [-0.05, 0) is 44.1 Å². The van der Waals surface area contributed by atoms with Crippen LogP contribution in [-0.2, 0) is 4.79 Å². The third-order valence-corrected chi connectivity index (χ3v) is 4.23. The zero-order valence-corrected chi connectivity index (χ0v) is 11.5. The van der Waals surface area contributed by atoms with Crippen LogP contribution in [0.3, 0.4) is 0 Å². The minimum atomic E-state index is 0.255. The van der Waals surface area contributed by atoms with E-state index in [1.807, 2.05) is 4.90 Å². The number of aliphatic hydroxyl groups is 1. The molecule has 4 heteroatoms. The van der Waals surface area contributed by atoms with Gasteiger partial charge in [0.05, 0.1) is 6.54 Å². The largest absolute Gasteiger partial charge is 0.396 e. The number of amides is 1. The fraction of sp³-hybridized carbons (Fsp3) is 0.929. The molecule has 4 nitrogen and oxygen atoms in total. The minimum Gasteiger partial charge on any atom is -0.396 e. The highest BCUT2D eigenvalue weighted by molar-refractivity contribution is 5.78. The maximum absolute atomic E-state index is 12.2. The Hall–Kier alpha value is -0.610. The summed E-state index contributed by atoms with van der Waals surface area (Å²) in [6.45, 7) is 6.77. The second-order valence-corrected chi connectivity index (χ2v) is 6.01. The Balaban J connectivity index is 1.79. The van der Waals surface area contributed by atoms with Gasteiger partial charge in [-0.15, -0.1) is 0 Å². The van der Waals surface area contributed by atoms with Crippen molar-refractivity contribution in [1.82, 2.24) is 9.80 Å². The van der Waals surface area contributed by atoms with Gasteiger partial charge in [0.25, 0.3) is 0 Å². The molecule has 0 aliphatic carbocycles. The lowest BCUT2D eigenvalue weighted by atomic mass is 9.98. The van der Waals surface area contributed by atoms with Gasteiger partial charge in [-0.2, -0.15) is 0 Å². The first-order chi connectivity index (χ1) is 8.69. The summed E-state index contributed by atoms with van der Waals surface area (Å²) in [6.07, 6.45) is 4.60. The average Bonchev–Trinajstić information content (AvgIpc) is 2.39. The summed E-state index contributed by atoms with van der Waals surface area (Å²) in [5.74, 6) is 1.29. The summed E-state index contributed by atoms with van der Waals surface area (Å²) < 4.78 is 0. The number of nitrogens with zero attached hydrogens (tertiary/aromatic N) is 2. The van der Waals surface area contributed by atoms with Crippen LogP contribution < -0.4 is 0 Å². The standard InChI is InChI=1S/C14H26N2O2/c1-12-4-2-7-16(8-12)14(18)10-15-6-3-5-13(9-15)11-17/h12-13,17H,2-11H2,1H3. The highest BCUT2D eigenvalue weighted by atomic mass is 16.3. The number of likely N-dealkylation sites (tertiary alicyclic amines) is 2. The summed E-state index contributed by atoms with van der Waals surface area (Å²) in [5.41, 5.74) is 0. The van der Waals surface area contributed by atoms with Crippen molar-refractivity contribution in [2.24, 2.45) is 11.8 Å². The molecule has 2 saturated heterocycles. The Kier molecular flexibility index (Phi) is 5.01. The topological polar surface area (TPSA) is 43.8 Å². The number of piperidine rings is 2. The molecule has 0 bridgehead atoms. The molecule has 1 amide bonds. The van der Waals surface area contributed by atoms with Gasteiger partial charge in [-0.3, -0.25) is 9.69 Å². The minimum absolute atomic E-state index is 0.255. The fourth-order valence-electron chi connectivity index (χ4n) is 3.15. The Morgan fingerprint density at radius 1 is 1.22 bits per heavy atom. The smallest absolute Gasteiger partial charge is 0.236 e. The van der Waals surface area contributed by atoms with E-state index in [0.717, 1.165) is 45.4 Å². The van der Waals surface area contributed by atoms with Gasteiger partial charge in [0.1, 0.15) is 0 Å². The predicted octanol–water partition coefficient (Wildman–Crippen LogP) is 0.949. The molecule has 0 aromatic rings. The van der Waals surface area contributed by atoms with Crippen molar-refractivity contribution in [3.63, 3.8) is 0 Å². The Labute approximate surface area is 110 Å². The van der Waals surface area contributed by atoms with Gasteiger partial charge < -0.3 is 10.0 Å². The van der Waals surface area contributed by atoms with Crippen LogP contribution in [0.4, 0.5) is 0 Å². The molecule has 0 aromatic carbocycles. The van der Waals surface area contributed by atoms with Crippen LogP contribution in [0.15, 0.2) is 0 Å². The van der Waals surface area contributed by atoms with Gasteiger partial charge in [0, 0.05) is 26.2 Å². The van der Waals surface area contributed by atoms with Crippen molar-refractivity contribution < 1.29 is 9.90 Å². The van der Waals surface area contributed by atoms with Crippen molar-refractivity contribution in [1.29, 1.82) is 0 Å². The first-order valence-corrected chi connectivity index (χ1v) is 7.30. The number of hydrogen-bond acceptors (Lipinski definition) is 3. The van der Waals surface area contributed by atoms with E-state index in [0.29, 0.717) is 18.4 Å². The normalized spacial score (nSPS) is 30.4. The molecule has 2 unspecified atom stereocenters. The van der Waals surface area contributed by atoms with Crippen LogP contribution in [-0.4, -0.2) is 60.1 Å². The van der Waals surface area contributed by atoms with Crippen molar-refractivity contribution >= 4 is 5.91 Å². The number of rotatable bonds is 3. The Bertz CT molecular complexity index is 283. The third kappa shape index (κ3) is 3.69. The molecule has 2 heterocycles. The molecule has 2 fully saturated rings. The van der Waals surface area contributed by atoms with Crippen molar-refractivity contribution in [3.8, 4) is 0 Å². The molecule has 2 atom stereocenters. The molecule has 18 heavy (non-hydrogen) atoms. The number of aliphatic hydroxyl groups excluding tert-OH is 1. The van der Waals surface area contributed by atoms with Gasteiger partial charge >= 0.3 is 0 Å². The van der Waals surface area contributed by atoms with E-state index in [4.69, 9.17) is 0 Å². The highest BCUT2D eigenvalue weighted by Crippen LogP contribution is 2.18. The predicted molar refractivity (Wildman–Crippen MR) is 71.2 cm³/mol. The lowest BCUT2D eigenvalue weighted by molar-refractivity contribution is -0.134. The SMILES string of the molecule is CC1CCCN(C(=O)CN2CCCC(CO)C2)C1. The van der Waals surface area contributed by atoms with E-state index in [9.17, 15) is 9.90 Å². The molecule has 0 aromatic heterocycles. The molecule has 0 spiro atoms. The monoisotopic (exact) mass is 254 g/mol. The van der Waals surface area contributed by atoms with E-state index < -0.39 is 0 Å². The molecular weight excluding hydrogens is 228 g/mol. The van der Waals surface area contributed by atoms with Crippen LogP contribution in [0.1, 0.15) is 32.6 Å². The molecule has 104 valence electrons. The lowest BCUT2D eigenvalue weighted by Gasteiger charge is -2.35.